The highest BCUT2D eigenvalue weighted by atomic mass is 16.5. The molecular formula is C14H24N2O2. The number of methoxy groups -OCH3 is 1. The second-order valence-corrected chi connectivity index (χ2v) is 5.26. The van der Waals surface area contributed by atoms with Crippen LogP contribution in [0.3, 0.4) is 0 Å². The molecule has 102 valence electrons. The molecule has 1 aliphatic rings. The van der Waals surface area contributed by atoms with E-state index in [2.05, 4.69) is 12.0 Å². The van der Waals surface area contributed by atoms with E-state index in [-0.39, 0.29) is 6.10 Å². The van der Waals surface area contributed by atoms with Crippen LogP contribution >= 0.6 is 0 Å². The predicted octanol–water partition coefficient (Wildman–Crippen LogP) is 2.39. The summed E-state index contributed by atoms with van der Waals surface area (Å²) in [6.45, 7) is 3.58. The lowest BCUT2D eigenvalue weighted by Crippen LogP contribution is -2.17. The second-order valence-electron chi connectivity index (χ2n) is 5.26. The molecule has 0 bridgehead atoms. The van der Waals surface area contributed by atoms with Crippen LogP contribution in [0.4, 0.5) is 0 Å². The first-order valence-corrected chi connectivity index (χ1v) is 6.95. The molecule has 3 unspecified atom stereocenters. The van der Waals surface area contributed by atoms with E-state index in [1.165, 1.54) is 12.8 Å². The zero-order chi connectivity index (χ0) is 13.0. The van der Waals surface area contributed by atoms with Crippen molar-refractivity contribution in [2.45, 2.75) is 45.3 Å². The molecule has 0 saturated heterocycles. The van der Waals surface area contributed by atoms with Gasteiger partial charge in [0.2, 0.25) is 0 Å². The summed E-state index contributed by atoms with van der Waals surface area (Å²) in [5.74, 6) is 1.19. The SMILES string of the molecule is CCC1CCC(C(O)c2ccnn2CCOC)C1. The molecule has 1 aliphatic carbocycles. The van der Waals surface area contributed by atoms with Gasteiger partial charge in [-0.15, -0.1) is 0 Å². The molecule has 0 amide bonds. The van der Waals surface area contributed by atoms with Crippen LogP contribution in [-0.2, 0) is 11.3 Å². The Bertz CT molecular complexity index is 364. The van der Waals surface area contributed by atoms with Crippen LogP contribution in [0.15, 0.2) is 12.3 Å². The maximum absolute atomic E-state index is 10.5. The van der Waals surface area contributed by atoms with Crippen LogP contribution in [0.1, 0.15) is 44.4 Å². The summed E-state index contributed by atoms with van der Waals surface area (Å²) < 4.78 is 6.94. The minimum absolute atomic E-state index is 0.374. The zero-order valence-electron chi connectivity index (χ0n) is 11.4. The lowest BCUT2D eigenvalue weighted by molar-refractivity contribution is 0.0963. The van der Waals surface area contributed by atoms with Crippen molar-refractivity contribution in [3.8, 4) is 0 Å². The highest BCUT2D eigenvalue weighted by Gasteiger charge is 2.31. The van der Waals surface area contributed by atoms with Gasteiger partial charge in [0.05, 0.1) is 24.9 Å². The maximum atomic E-state index is 10.5. The largest absolute Gasteiger partial charge is 0.387 e. The molecule has 18 heavy (non-hydrogen) atoms. The minimum atomic E-state index is -0.374. The summed E-state index contributed by atoms with van der Waals surface area (Å²) in [7, 11) is 1.68. The smallest absolute Gasteiger partial charge is 0.0984 e. The monoisotopic (exact) mass is 252 g/mol. The lowest BCUT2D eigenvalue weighted by atomic mass is 9.96. The van der Waals surface area contributed by atoms with Gasteiger partial charge in [-0.3, -0.25) is 4.68 Å². The predicted molar refractivity (Wildman–Crippen MR) is 70.2 cm³/mol. The number of hydrogen-bond donors (Lipinski definition) is 1. The Kier molecular flexibility index (Phi) is 4.78. The van der Waals surface area contributed by atoms with Crippen molar-refractivity contribution in [3.05, 3.63) is 18.0 Å². The van der Waals surface area contributed by atoms with Gasteiger partial charge in [0.25, 0.3) is 0 Å². The van der Waals surface area contributed by atoms with Crippen LogP contribution in [0, 0.1) is 11.8 Å². The average molecular weight is 252 g/mol. The van der Waals surface area contributed by atoms with Crippen molar-refractivity contribution in [2.24, 2.45) is 11.8 Å². The van der Waals surface area contributed by atoms with Gasteiger partial charge in [-0.25, -0.2) is 0 Å². The highest BCUT2D eigenvalue weighted by molar-refractivity contribution is 5.07. The summed E-state index contributed by atoms with van der Waals surface area (Å²) in [5, 5.41) is 14.8. The molecule has 1 fully saturated rings. The van der Waals surface area contributed by atoms with Crippen LogP contribution in [0.25, 0.3) is 0 Å². The van der Waals surface area contributed by atoms with Crippen molar-refractivity contribution in [1.29, 1.82) is 0 Å². The van der Waals surface area contributed by atoms with E-state index >= 15 is 0 Å². The van der Waals surface area contributed by atoms with E-state index in [1.54, 1.807) is 13.3 Å². The molecule has 0 spiro atoms. The molecule has 3 atom stereocenters. The third-order valence-corrected chi connectivity index (χ3v) is 4.17. The Morgan fingerprint density at radius 2 is 2.39 bits per heavy atom. The number of nitrogens with zero attached hydrogens (tertiary/aromatic N) is 2. The Balaban J connectivity index is 2.00. The fourth-order valence-corrected chi connectivity index (χ4v) is 2.97. The topological polar surface area (TPSA) is 47.3 Å². The number of hydrogen-bond acceptors (Lipinski definition) is 3. The molecule has 4 nitrogen and oxygen atoms in total. The van der Waals surface area contributed by atoms with Crippen molar-refractivity contribution < 1.29 is 9.84 Å². The molecule has 0 aliphatic heterocycles. The van der Waals surface area contributed by atoms with Gasteiger partial charge in [-0.2, -0.15) is 5.10 Å². The van der Waals surface area contributed by atoms with Crippen LogP contribution < -0.4 is 0 Å². The number of aromatic nitrogens is 2. The normalized spacial score (nSPS) is 25.5. The first-order valence-electron chi connectivity index (χ1n) is 6.95. The standard InChI is InChI=1S/C14H24N2O2/c1-3-11-4-5-12(10-11)14(17)13-6-7-15-16(13)8-9-18-2/h6-7,11-12,14,17H,3-5,8-10H2,1-2H3. The third kappa shape index (κ3) is 2.93. The first-order chi connectivity index (χ1) is 8.76. The molecule has 1 saturated carbocycles. The van der Waals surface area contributed by atoms with Crippen LogP contribution in [-0.4, -0.2) is 28.6 Å². The highest BCUT2D eigenvalue weighted by Crippen LogP contribution is 2.40. The summed E-state index contributed by atoms with van der Waals surface area (Å²) in [4.78, 5) is 0. The number of aliphatic hydroxyl groups excluding tert-OH is 1. The number of ether oxygens (including phenoxy) is 1. The van der Waals surface area contributed by atoms with Crippen LogP contribution in [0.2, 0.25) is 0 Å². The van der Waals surface area contributed by atoms with E-state index in [9.17, 15) is 5.11 Å². The molecule has 4 heteroatoms. The quantitative estimate of drug-likeness (QED) is 0.845. The van der Waals surface area contributed by atoms with E-state index in [0.717, 1.165) is 24.5 Å². The van der Waals surface area contributed by atoms with Gasteiger partial charge < -0.3 is 9.84 Å². The second kappa shape index (κ2) is 6.34. The van der Waals surface area contributed by atoms with Gasteiger partial charge in [0.1, 0.15) is 0 Å². The summed E-state index contributed by atoms with van der Waals surface area (Å²) in [6, 6.07) is 1.93. The number of rotatable bonds is 6. The summed E-state index contributed by atoms with van der Waals surface area (Å²) in [5.41, 5.74) is 0.939. The third-order valence-electron chi connectivity index (χ3n) is 4.17. The average Bonchev–Trinajstić information content (AvgIpc) is 3.04. The van der Waals surface area contributed by atoms with Gasteiger partial charge >= 0.3 is 0 Å². The van der Waals surface area contributed by atoms with Crippen molar-refractivity contribution in [1.82, 2.24) is 9.78 Å². The molecule has 1 aromatic rings. The van der Waals surface area contributed by atoms with Gasteiger partial charge in [-0.1, -0.05) is 19.8 Å². The van der Waals surface area contributed by atoms with Gasteiger partial charge in [-0.05, 0) is 30.7 Å². The zero-order valence-corrected chi connectivity index (χ0v) is 11.4. The molecule has 0 aromatic carbocycles. The van der Waals surface area contributed by atoms with Crippen molar-refractivity contribution in [3.63, 3.8) is 0 Å². The fourth-order valence-electron chi connectivity index (χ4n) is 2.97. The van der Waals surface area contributed by atoms with Crippen LogP contribution in [0.5, 0.6) is 0 Å². The molecule has 1 N–H and O–H groups in total. The van der Waals surface area contributed by atoms with Gasteiger partial charge in [0, 0.05) is 13.3 Å². The number of aliphatic hydroxyl groups is 1. The molecule has 2 rings (SSSR count). The summed E-state index contributed by atoms with van der Waals surface area (Å²) >= 11 is 0. The van der Waals surface area contributed by atoms with E-state index in [0.29, 0.717) is 19.1 Å². The Morgan fingerprint density at radius 3 is 3.06 bits per heavy atom. The summed E-state index contributed by atoms with van der Waals surface area (Å²) in [6.07, 6.45) is 6.15. The molecule has 1 heterocycles. The van der Waals surface area contributed by atoms with E-state index in [4.69, 9.17) is 4.74 Å². The first kappa shape index (κ1) is 13.6. The van der Waals surface area contributed by atoms with E-state index < -0.39 is 0 Å². The molecule has 0 radical (unpaired) electrons. The Morgan fingerprint density at radius 1 is 1.56 bits per heavy atom. The molecule has 1 aromatic heterocycles. The fraction of sp³-hybridized carbons (Fsp3) is 0.786. The van der Waals surface area contributed by atoms with Gasteiger partial charge in [0.15, 0.2) is 0 Å². The van der Waals surface area contributed by atoms with Crippen molar-refractivity contribution in [2.75, 3.05) is 13.7 Å². The molecular weight excluding hydrogens is 228 g/mol. The Labute approximate surface area is 109 Å². The lowest BCUT2D eigenvalue weighted by Gasteiger charge is -2.19. The maximum Gasteiger partial charge on any atom is 0.0984 e. The van der Waals surface area contributed by atoms with Crippen molar-refractivity contribution >= 4 is 0 Å². The Hall–Kier alpha value is -0.870. The minimum Gasteiger partial charge on any atom is -0.387 e. The van der Waals surface area contributed by atoms with E-state index in [1.807, 2.05) is 10.7 Å².